The number of rotatable bonds is 7. The molecule has 2 heteroatoms. The first-order valence-electron chi connectivity index (χ1n) is 7.07. The van der Waals surface area contributed by atoms with Crippen molar-refractivity contribution in [3.8, 4) is 0 Å². The molecule has 1 aliphatic carbocycles. The zero-order valence-electron chi connectivity index (χ0n) is 10.9. The smallest absolute Gasteiger partial charge is 0.0576 e. The molecule has 1 saturated heterocycles. The van der Waals surface area contributed by atoms with Crippen LogP contribution in [-0.2, 0) is 4.74 Å². The second-order valence-electron chi connectivity index (χ2n) is 5.88. The van der Waals surface area contributed by atoms with Gasteiger partial charge in [0.25, 0.3) is 0 Å². The van der Waals surface area contributed by atoms with Gasteiger partial charge in [-0.3, -0.25) is 0 Å². The van der Waals surface area contributed by atoms with Crippen molar-refractivity contribution in [2.24, 2.45) is 11.3 Å². The summed E-state index contributed by atoms with van der Waals surface area (Å²) in [6.45, 7) is 7.97. The molecule has 1 heterocycles. The first-order chi connectivity index (χ1) is 7.74. The molecule has 0 spiro atoms. The minimum Gasteiger partial charge on any atom is -0.378 e. The van der Waals surface area contributed by atoms with E-state index in [-0.39, 0.29) is 0 Å². The lowest BCUT2D eigenvalue weighted by molar-refractivity contribution is 0.0855. The minimum absolute atomic E-state index is 0.530. The zero-order chi connectivity index (χ0) is 11.4. The van der Waals surface area contributed by atoms with Crippen molar-refractivity contribution in [3.63, 3.8) is 0 Å². The van der Waals surface area contributed by atoms with Gasteiger partial charge >= 0.3 is 0 Å². The van der Waals surface area contributed by atoms with E-state index in [1.807, 2.05) is 0 Å². The van der Waals surface area contributed by atoms with Crippen LogP contribution >= 0.6 is 0 Å². The van der Waals surface area contributed by atoms with Gasteiger partial charge in [0.15, 0.2) is 0 Å². The molecule has 2 aliphatic rings. The van der Waals surface area contributed by atoms with Crippen LogP contribution in [0.25, 0.3) is 0 Å². The number of hydrogen-bond acceptors (Lipinski definition) is 2. The third-order valence-electron chi connectivity index (χ3n) is 4.40. The minimum atomic E-state index is 0.530. The number of ether oxygens (including phenoxy) is 1. The molecule has 1 saturated carbocycles. The molecular formula is C14H27NO. The summed E-state index contributed by atoms with van der Waals surface area (Å²) in [5.74, 6) is 0.980. The van der Waals surface area contributed by atoms with E-state index in [1.165, 1.54) is 45.1 Å². The van der Waals surface area contributed by atoms with Gasteiger partial charge in [-0.05, 0) is 56.4 Å². The normalized spacial score (nSPS) is 29.2. The molecule has 2 unspecified atom stereocenters. The lowest BCUT2D eigenvalue weighted by atomic mass is 9.79. The van der Waals surface area contributed by atoms with E-state index in [0.29, 0.717) is 11.5 Å². The van der Waals surface area contributed by atoms with Crippen molar-refractivity contribution >= 4 is 0 Å². The summed E-state index contributed by atoms with van der Waals surface area (Å²) >= 11 is 0. The fourth-order valence-corrected chi connectivity index (χ4v) is 2.99. The van der Waals surface area contributed by atoms with Crippen LogP contribution in [0.3, 0.4) is 0 Å². The fourth-order valence-electron chi connectivity index (χ4n) is 2.99. The van der Waals surface area contributed by atoms with E-state index in [2.05, 4.69) is 19.2 Å². The average molecular weight is 225 g/mol. The van der Waals surface area contributed by atoms with Gasteiger partial charge in [-0.25, -0.2) is 0 Å². The molecule has 2 rings (SSSR count). The van der Waals surface area contributed by atoms with Gasteiger partial charge in [0.2, 0.25) is 0 Å². The molecule has 0 radical (unpaired) electrons. The van der Waals surface area contributed by atoms with Crippen LogP contribution < -0.4 is 5.32 Å². The van der Waals surface area contributed by atoms with Crippen molar-refractivity contribution in [2.45, 2.75) is 58.5 Å². The topological polar surface area (TPSA) is 21.3 Å². The molecule has 94 valence electrons. The molecule has 0 amide bonds. The van der Waals surface area contributed by atoms with Crippen molar-refractivity contribution in [3.05, 3.63) is 0 Å². The maximum absolute atomic E-state index is 5.73. The highest BCUT2D eigenvalue weighted by Crippen LogP contribution is 2.48. The van der Waals surface area contributed by atoms with Crippen molar-refractivity contribution in [2.75, 3.05) is 19.7 Å². The second kappa shape index (κ2) is 5.50. The Kier molecular flexibility index (Phi) is 4.26. The Hall–Kier alpha value is -0.0800. The van der Waals surface area contributed by atoms with Gasteiger partial charge in [0.05, 0.1) is 6.10 Å². The van der Waals surface area contributed by atoms with E-state index >= 15 is 0 Å². The van der Waals surface area contributed by atoms with Gasteiger partial charge in [0.1, 0.15) is 0 Å². The van der Waals surface area contributed by atoms with E-state index in [0.717, 1.165) is 19.1 Å². The van der Waals surface area contributed by atoms with E-state index in [4.69, 9.17) is 4.74 Å². The molecule has 2 nitrogen and oxygen atoms in total. The highest BCUT2D eigenvalue weighted by atomic mass is 16.5. The number of hydrogen-bond donors (Lipinski definition) is 1. The molecule has 1 aliphatic heterocycles. The standard InChI is InChI=1S/C14H27NO/c1-3-15-11-14(2,12-6-7-12)9-8-13-5-4-10-16-13/h12-13,15H,3-11H2,1-2H3. The third-order valence-corrected chi connectivity index (χ3v) is 4.40. The Balaban J connectivity index is 1.76. The Bertz CT molecular complexity index is 209. The SMILES string of the molecule is CCNCC(C)(CCC1CCCO1)C1CC1. The van der Waals surface area contributed by atoms with Gasteiger partial charge in [0, 0.05) is 13.2 Å². The maximum Gasteiger partial charge on any atom is 0.0576 e. The fraction of sp³-hybridized carbons (Fsp3) is 1.00. The average Bonchev–Trinajstić information content (AvgIpc) is 3.02. The van der Waals surface area contributed by atoms with Gasteiger partial charge in [-0.1, -0.05) is 13.8 Å². The predicted molar refractivity (Wildman–Crippen MR) is 67.6 cm³/mol. The van der Waals surface area contributed by atoms with Crippen LogP contribution in [0.5, 0.6) is 0 Å². The van der Waals surface area contributed by atoms with Crippen LogP contribution in [0.2, 0.25) is 0 Å². The van der Waals surface area contributed by atoms with Gasteiger partial charge < -0.3 is 10.1 Å². The van der Waals surface area contributed by atoms with E-state index < -0.39 is 0 Å². The Morgan fingerprint density at radius 3 is 2.69 bits per heavy atom. The lowest BCUT2D eigenvalue weighted by Crippen LogP contribution is -2.34. The van der Waals surface area contributed by atoms with Crippen LogP contribution in [0, 0.1) is 11.3 Å². The van der Waals surface area contributed by atoms with Crippen molar-refractivity contribution in [1.29, 1.82) is 0 Å². The first-order valence-corrected chi connectivity index (χ1v) is 7.07. The predicted octanol–water partition coefficient (Wildman–Crippen LogP) is 2.97. The molecule has 1 N–H and O–H groups in total. The quantitative estimate of drug-likeness (QED) is 0.719. The first kappa shape index (κ1) is 12.4. The van der Waals surface area contributed by atoms with Crippen LogP contribution in [0.15, 0.2) is 0 Å². The number of nitrogens with one attached hydrogen (secondary N) is 1. The molecular weight excluding hydrogens is 198 g/mol. The lowest BCUT2D eigenvalue weighted by Gasteiger charge is -2.31. The summed E-state index contributed by atoms with van der Waals surface area (Å²) in [6, 6.07) is 0. The summed E-state index contributed by atoms with van der Waals surface area (Å²) in [5, 5.41) is 3.54. The Morgan fingerprint density at radius 1 is 1.31 bits per heavy atom. The molecule has 2 fully saturated rings. The summed E-state index contributed by atoms with van der Waals surface area (Å²) in [5.41, 5.74) is 0.530. The second-order valence-corrected chi connectivity index (χ2v) is 5.88. The largest absolute Gasteiger partial charge is 0.378 e. The highest BCUT2D eigenvalue weighted by Gasteiger charge is 2.41. The van der Waals surface area contributed by atoms with Crippen LogP contribution in [0.1, 0.15) is 52.4 Å². The highest BCUT2D eigenvalue weighted by molar-refractivity contribution is 4.93. The molecule has 16 heavy (non-hydrogen) atoms. The zero-order valence-corrected chi connectivity index (χ0v) is 10.9. The summed E-state index contributed by atoms with van der Waals surface area (Å²) in [6.07, 6.45) is 8.66. The summed E-state index contributed by atoms with van der Waals surface area (Å²) < 4.78 is 5.73. The Morgan fingerprint density at radius 2 is 2.12 bits per heavy atom. The maximum atomic E-state index is 5.73. The van der Waals surface area contributed by atoms with Crippen molar-refractivity contribution in [1.82, 2.24) is 5.32 Å². The van der Waals surface area contributed by atoms with E-state index in [9.17, 15) is 0 Å². The monoisotopic (exact) mass is 225 g/mol. The van der Waals surface area contributed by atoms with Crippen LogP contribution in [-0.4, -0.2) is 25.8 Å². The molecule has 0 aromatic heterocycles. The molecule has 0 bridgehead atoms. The summed E-state index contributed by atoms with van der Waals surface area (Å²) in [4.78, 5) is 0. The van der Waals surface area contributed by atoms with E-state index in [1.54, 1.807) is 0 Å². The van der Waals surface area contributed by atoms with Gasteiger partial charge in [-0.2, -0.15) is 0 Å². The molecule has 0 aromatic rings. The molecule has 0 aromatic carbocycles. The Labute approximate surface area is 100 Å². The summed E-state index contributed by atoms with van der Waals surface area (Å²) in [7, 11) is 0. The molecule has 2 atom stereocenters. The van der Waals surface area contributed by atoms with Gasteiger partial charge in [-0.15, -0.1) is 0 Å². The van der Waals surface area contributed by atoms with Crippen LogP contribution in [0.4, 0.5) is 0 Å². The third kappa shape index (κ3) is 3.21. The van der Waals surface area contributed by atoms with Crippen molar-refractivity contribution < 1.29 is 4.74 Å².